The summed E-state index contributed by atoms with van der Waals surface area (Å²) < 4.78 is 8.09. The zero-order valence-electron chi connectivity index (χ0n) is 18.4. The molecule has 0 spiro atoms. The van der Waals surface area contributed by atoms with Crippen molar-refractivity contribution in [3.05, 3.63) is 104 Å². The van der Waals surface area contributed by atoms with Gasteiger partial charge in [0, 0.05) is 16.4 Å². The molecular weight excluding hydrogens is 496 g/mol. The van der Waals surface area contributed by atoms with Gasteiger partial charge in [0.25, 0.3) is 11.5 Å². The Bertz CT molecular complexity index is 1530. The number of nitrogens with one attached hydrogen (secondary N) is 1. The van der Waals surface area contributed by atoms with Crippen molar-refractivity contribution >= 4 is 39.2 Å². The number of hydrogen-bond donors (Lipinski definition) is 1. The Balaban J connectivity index is 1.80. The second-order valence-electron chi connectivity index (χ2n) is 7.56. The number of fused-ring (bicyclic) bond motifs is 1. The van der Waals surface area contributed by atoms with Crippen molar-refractivity contribution in [3.63, 3.8) is 0 Å². The molecule has 0 fully saturated rings. The van der Waals surface area contributed by atoms with Crippen LogP contribution in [0, 0.1) is 25.2 Å². The largest absolute Gasteiger partial charge is 0.438 e. The van der Waals surface area contributed by atoms with E-state index in [1.54, 1.807) is 48.7 Å². The molecule has 0 unspecified atom stereocenters. The molecule has 0 radical (unpaired) electrons. The summed E-state index contributed by atoms with van der Waals surface area (Å²) in [5, 5.41) is 12.5. The summed E-state index contributed by atoms with van der Waals surface area (Å²) in [6.45, 7) is 3.76. The molecule has 1 N–H and O–H groups in total. The minimum atomic E-state index is -0.636. The van der Waals surface area contributed by atoms with Gasteiger partial charge in [-0.15, -0.1) is 0 Å². The van der Waals surface area contributed by atoms with Gasteiger partial charge in [-0.2, -0.15) is 10.2 Å². The number of hydrogen-bond acceptors (Lipinski definition) is 5. The highest BCUT2D eigenvalue weighted by Gasteiger charge is 2.18. The maximum absolute atomic E-state index is 13.3. The molecule has 7 nitrogen and oxygen atoms in total. The zero-order chi connectivity index (χ0) is 24.2. The molecule has 0 saturated carbocycles. The van der Waals surface area contributed by atoms with Gasteiger partial charge in [-0.1, -0.05) is 34.1 Å². The predicted molar refractivity (Wildman–Crippen MR) is 134 cm³/mol. The number of amides is 1. The van der Waals surface area contributed by atoms with E-state index in [4.69, 9.17) is 4.74 Å². The molecule has 2 heterocycles. The zero-order valence-corrected chi connectivity index (χ0v) is 20.0. The number of rotatable bonds is 5. The lowest BCUT2D eigenvalue weighted by Gasteiger charge is -2.11. The monoisotopic (exact) mass is 514 g/mol. The number of carbonyl (C=O) groups is 1. The van der Waals surface area contributed by atoms with E-state index < -0.39 is 11.5 Å². The van der Waals surface area contributed by atoms with Crippen molar-refractivity contribution in [1.29, 1.82) is 5.26 Å². The first-order valence-corrected chi connectivity index (χ1v) is 11.1. The Morgan fingerprint density at radius 2 is 1.91 bits per heavy atom. The number of pyridine rings is 1. The number of carbonyl (C=O) groups excluding carboxylic acids is 1. The summed E-state index contributed by atoms with van der Waals surface area (Å²) in [4.78, 5) is 30.6. The van der Waals surface area contributed by atoms with Crippen LogP contribution in [0.25, 0.3) is 11.7 Å². The first kappa shape index (κ1) is 23.0. The van der Waals surface area contributed by atoms with Crippen LogP contribution in [0.1, 0.15) is 16.7 Å². The number of aromatic nitrogens is 2. The summed E-state index contributed by atoms with van der Waals surface area (Å²) in [5.74, 6) is -0.197. The summed E-state index contributed by atoms with van der Waals surface area (Å²) in [7, 11) is 0. The molecule has 34 heavy (non-hydrogen) atoms. The highest BCUT2D eigenvalue weighted by atomic mass is 79.9. The number of ether oxygens (including phenoxy) is 1. The summed E-state index contributed by atoms with van der Waals surface area (Å²) >= 11 is 3.37. The third kappa shape index (κ3) is 4.90. The molecule has 0 atom stereocenters. The van der Waals surface area contributed by atoms with Gasteiger partial charge in [-0.3, -0.25) is 14.0 Å². The molecular formula is C26H19BrN4O3. The fraction of sp³-hybridized carbons (Fsp3) is 0.0769. The average Bonchev–Trinajstić information content (AvgIpc) is 2.83. The highest BCUT2D eigenvalue weighted by molar-refractivity contribution is 9.10. The molecule has 0 bridgehead atoms. The lowest BCUT2D eigenvalue weighted by atomic mass is 10.1. The number of benzene rings is 2. The Morgan fingerprint density at radius 3 is 2.65 bits per heavy atom. The third-order valence-corrected chi connectivity index (χ3v) is 5.59. The van der Waals surface area contributed by atoms with Crippen LogP contribution in [-0.2, 0) is 4.79 Å². The number of aryl methyl sites for hydroxylation is 2. The van der Waals surface area contributed by atoms with Gasteiger partial charge < -0.3 is 10.1 Å². The highest BCUT2D eigenvalue weighted by Crippen LogP contribution is 2.26. The van der Waals surface area contributed by atoms with E-state index in [2.05, 4.69) is 26.2 Å². The Morgan fingerprint density at radius 1 is 1.15 bits per heavy atom. The fourth-order valence-corrected chi connectivity index (χ4v) is 3.52. The summed E-state index contributed by atoms with van der Waals surface area (Å²) in [5.41, 5.74) is 2.04. The molecule has 0 aliphatic carbocycles. The van der Waals surface area contributed by atoms with E-state index in [9.17, 15) is 14.9 Å². The molecule has 0 saturated heterocycles. The fourth-order valence-electron chi connectivity index (χ4n) is 3.25. The number of halogens is 1. The second-order valence-corrected chi connectivity index (χ2v) is 8.48. The normalized spacial score (nSPS) is 11.2. The lowest BCUT2D eigenvalue weighted by molar-refractivity contribution is -0.112. The Hall–Kier alpha value is -4.22. The van der Waals surface area contributed by atoms with Gasteiger partial charge in [0.15, 0.2) is 0 Å². The lowest BCUT2D eigenvalue weighted by Crippen LogP contribution is -2.20. The molecule has 4 rings (SSSR count). The molecule has 2 aromatic carbocycles. The van der Waals surface area contributed by atoms with Crippen LogP contribution in [0.4, 0.5) is 5.69 Å². The minimum absolute atomic E-state index is 0.00851. The quantitative estimate of drug-likeness (QED) is 0.283. The molecule has 4 aromatic rings. The summed E-state index contributed by atoms with van der Waals surface area (Å²) in [6.07, 6.45) is 2.77. The molecule has 168 valence electrons. The second kappa shape index (κ2) is 9.73. The van der Waals surface area contributed by atoms with Gasteiger partial charge in [0.2, 0.25) is 5.88 Å². The van der Waals surface area contributed by atoms with Crippen LogP contribution in [-0.4, -0.2) is 15.3 Å². The first-order valence-electron chi connectivity index (χ1n) is 10.3. The van der Waals surface area contributed by atoms with Crippen molar-refractivity contribution < 1.29 is 9.53 Å². The first-order chi connectivity index (χ1) is 16.4. The number of anilines is 1. The minimum Gasteiger partial charge on any atom is -0.438 e. The van der Waals surface area contributed by atoms with Crippen LogP contribution in [0.3, 0.4) is 0 Å². The molecule has 8 heteroatoms. The predicted octanol–water partition coefficient (Wildman–Crippen LogP) is 5.41. The van der Waals surface area contributed by atoms with E-state index >= 15 is 0 Å². The average molecular weight is 515 g/mol. The Labute approximate surface area is 204 Å². The van der Waals surface area contributed by atoms with E-state index in [0.717, 1.165) is 15.6 Å². The van der Waals surface area contributed by atoms with Crippen molar-refractivity contribution in [2.24, 2.45) is 0 Å². The number of nitrogens with zero attached hydrogens (tertiary/aromatic N) is 3. The SMILES string of the molecule is Cc1ccc(C)c(NC(=O)/C(C#N)=C\c2c(Oc3ccc(Br)cc3)nc3ccccn3c2=O)c1. The molecule has 0 aliphatic rings. The smallest absolute Gasteiger partial charge is 0.269 e. The van der Waals surface area contributed by atoms with E-state index in [1.165, 1.54) is 10.5 Å². The van der Waals surface area contributed by atoms with Gasteiger partial charge in [-0.05, 0) is 73.5 Å². The van der Waals surface area contributed by atoms with Gasteiger partial charge in [0.1, 0.15) is 28.6 Å². The molecule has 0 aliphatic heterocycles. The third-order valence-electron chi connectivity index (χ3n) is 5.06. The number of nitriles is 1. The molecule has 2 aromatic heterocycles. The van der Waals surface area contributed by atoms with E-state index in [1.807, 2.05) is 38.1 Å². The van der Waals surface area contributed by atoms with E-state index in [0.29, 0.717) is 17.1 Å². The van der Waals surface area contributed by atoms with Crippen LogP contribution >= 0.6 is 15.9 Å². The summed E-state index contributed by atoms with van der Waals surface area (Å²) in [6, 6.07) is 19.6. The Kier molecular flexibility index (Phi) is 6.57. The van der Waals surface area contributed by atoms with Crippen LogP contribution in [0.5, 0.6) is 11.6 Å². The maximum atomic E-state index is 13.3. The standard InChI is InChI=1S/C26H19BrN4O3/c1-16-6-7-17(2)22(13-16)29-24(32)18(15-28)14-21-25(34-20-10-8-19(27)9-11-20)30-23-5-3-4-12-31(23)26(21)33/h3-14H,1-2H3,(H,29,32)/b18-14-. The van der Waals surface area contributed by atoms with Crippen molar-refractivity contribution in [1.82, 2.24) is 9.38 Å². The van der Waals surface area contributed by atoms with Crippen molar-refractivity contribution in [3.8, 4) is 17.7 Å². The van der Waals surface area contributed by atoms with E-state index in [-0.39, 0.29) is 17.0 Å². The van der Waals surface area contributed by atoms with Crippen molar-refractivity contribution in [2.75, 3.05) is 5.32 Å². The maximum Gasteiger partial charge on any atom is 0.269 e. The van der Waals surface area contributed by atoms with Gasteiger partial charge in [0.05, 0.1) is 0 Å². The van der Waals surface area contributed by atoms with Gasteiger partial charge in [-0.25, -0.2) is 0 Å². The molecule has 1 amide bonds. The van der Waals surface area contributed by atoms with Crippen LogP contribution in [0.2, 0.25) is 0 Å². The van der Waals surface area contributed by atoms with Gasteiger partial charge >= 0.3 is 0 Å². The van der Waals surface area contributed by atoms with Crippen LogP contribution in [0.15, 0.2) is 81.7 Å². The topological polar surface area (TPSA) is 96.5 Å². The van der Waals surface area contributed by atoms with Crippen LogP contribution < -0.4 is 15.6 Å². The van der Waals surface area contributed by atoms with Crippen molar-refractivity contribution in [2.45, 2.75) is 13.8 Å².